The summed E-state index contributed by atoms with van der Waals surface area (Å²) < 4.78 is 13.7. The molecular formula is C14H21Cl2FN2O. The van der Waals surface area contributed by atoms with E-state index in [-0.39, 0.29) is 23.9 Å². The number of nitrogens with one attached hydrogen (secondary N) is 1. The molecule has 1 unspecified atom stereocenters. The first-order valence-corrected chi connectivity index (χ1v) is 6.70. The summed E-state index contributed by atoms with van der Waals surface area (Å²) in [7, 11) is 0. The molecule has 1 aromatic rings. The van der Waals surface area contributed by atoms with Gasteiger partial charge in [0.25, 0.3) is 0 Å². The lowest BCUT2D eigenvalue weighted by Crippen LogP contribution is -2.42. The maximum atomic E-state index is 13.7. The molecule has 0 spiro atoms. The second kappa shape index (κ2) is 8.45. The van der Waals surface area contributed by atoms with Gasteiger partial charge in [0.2, 0.25) is 5.91 Å². The average Bonchev–Trinajstić information content (AvgIpc) is 2.27. The summed E-state index contributed by atoms with van der Waals surface area (Å²) in [5, 5.41) is 2.99. The van der Waals surface area contributed by atoms with E-state index in [4.69, 9.17) is 17.3 Å². The zero-order valence-electron chi connectivity index (χ0n) is 11.8. The van der Waals surface area contributed by atoms with Gasteiger partial charge in [-0.2, -0.15) is 0 Å². The van der Waals surface area contributed by atoms with Gasteiger partial charge in [-0.3, -0.25) is 4.79 Å². The third-order valence-electron chi connectivity index (χ3n) is 2.85. The predicted molar refractivity (Wildman–Crippen MR) is 82.6 cm³/mol. The summed E-state index contributed by atoms with van der Waals surface area (Å²) in [4.78, 5) is 11.9. The van der Waals surface area contributed by atoms with Crippen LogP contribution in [0.2, 0.25) is 5.02 Å². The molecule has 6 heteroatoms. The largest absolute Gasteiger partial charge is 0.348 e. The molecule has 0 aliphatic carbocycles. The molecule has 0 saturated carbocycles. The van der Waals surface area contributed by atoms with Crippen molar-refractivity contribution < 1.29 is 9.18 Å². The van der Waals surface area contributed by atoms with Gasteiger partial charge in [-0.1, -0.05) is 31.5 Å². The molecule has 0 aromatic heterocycles. The highest BCUT2D eigenvalue weighted by atomic mass is 35.5. The zero-order chi connectivity index (χ0) is 14.6. The number of rotatable bonds is 5. The van der Waals surface area contributed by atoms with Crippen molar-refractivity contribution in [3.05, 3.63) is 34.6 Å². The molecule has 2 atom stereocenters. The van der Waals surface area contributed by atoms with Crippen LogP contribution in [0.25, 0.3) is 0 Å². The molecule has 0 aliphatic rings. The van der Waals surface area contributed by atoms with Crippen LogP contribution in [-0.4, -0.2) is 11.9 Å². The predicted octanol–water partition coefficient (Wildman–Crippen LogP) is 3.45. The quantitative estimate of drug-likeness (QED) is 0.872. The molecule has 0 saturated heterocycles. The first-order chi connectivity index (χ1) is 8.82. The van der Waals surface area contributed by atoms with E-state index in [2.05, 4.69) is 5.32 Å². The van der Waals surface area contributed by atoms with E-state index in [0.29, 0.717) is 17.4 Å². The summed E-state index contributed by atoms with van der Waals surface area (Å²) >= 11 is 5.95. The molecule has 0 aliphatic heterocycles. The monoisotopic (exact) mass is 322 g/mol. The van der Waals surface area contributed by atoms with Crippen molar-refractivity contribution in [2.45, 2.75) is 39.3 Å². The Morgan fingerprint density at radius 2 is 2.00 bits per heavy atom. The standard InChI is InChI=1S/C14H20ClFN2O.ClH/c1-8(2)7-12(17)14(19)18-9(3)13-10(15)5-4-6-11(13)16;/h4-6,8-9,12H,7,17H2,1-3H3,(H,18,19);1H/t9?,12-;/m0./s1. The minimum Gasteiger partial charge on any atom is -0.348 e. The summed E-state index contributed by atoms with van der Waals surface area (Å²) in [6, 6.07) is 3.34. The van der Waals surface area contributed by atoms with E-state index in [1.807, 2.05) is 13.8 Å². The fourth-order valence-electron chi connectivity index (χ4n) is 1.93. The van der Waals surface area contributed by atoms with E-state index in [0.717, 1.165) is 0 Å². The van der Waals surface area contributed by atoms with Gasteiger partial charge in [0.05, 0.1) is 12.1 Å². The Morgan fingerprint density at radius 1 is 1.40 bits per heavy atom. The summed E-state index contributed by atoms with van der Waals surface area (Å²) in [6.07, 6.45) is 0.587. The number of carbonyl (C=O) groups is 1. The van der Waals surface area contributed by atoms with Gasteiger partial charge in [-0.05, 0) is 31.4 Å². The Kier molecular flexibility index (Phi) is 8.09. The molecular weight excluding hydrogens is 302 g/mol. The van der Waals surface area contributed by atoms with E-state index in [1.54, 1.807) is 13.0 Å². The molecule has 3 N–H and O–H groups in total. The third kappa shape index (κ3) is 5.27. The maximum absolute atomic E-state index is 13.7. The number of amides is 1. The molecule has 0 fully saturated rings. The van der Waals surface area contributed by atoms with Gasteiger partial charge in [0.1, 0.15) is 5.82 Å². The number of halogens is 3. The van der Waals surface area contributed by atoms with Crippen LogP contribution in [0, 0.1) is 11.7 Å². The minimum atomic E-state index is -0.590. The lowest BCUT2D eigenvalue weighted by Gasteiger charge is -2.20. The highest BCUT2D eigenvalue weighted by Crippen LogP contribution is 2.25. The molecule has 114 valence electrons. The zero-order valence-corrected chi connectivity index (χ0v) is 13.4. The molecule has 20 heavy (non-hydrogen) atoms. The molecule has 3 nitrogen and oxygen atoms in total. The molecule has 0 bridgehead atoms. The molecule has 1 amide bonds. The fourth-order valence-corrected chi connectivity index (χ4v) is 2.26. The first-order valence-electron chi connectivity index (χ1n) is 6.32. The maximum Gasteiger partial charge on any atom is 0.237 e. The van der Waals surface area contributed by atoms with E-state index in [9.17, 15) is 9.18 Å². The van der Waals surface area contributed by atoms with E-state index >= 15 is 0 Å². The van der Waals surface area contributed by atoms with Crippen molar-refractivity contribution in [1.29, 1.82) is 0 Å². The third-order valence-corrected chi connectivity index (χ3v) is 3.18. The van der Waals surface area contributed by atoms with Crippen LogP contribution in [-0.2, 0) is 4.79 Å². The molecule has 1 aromatic carbocycles. The Morgan fingerprint density at radius 3 is 2.50 bits per heavy atom. The topological polar surface area (TPSA) is 55.1 Å². The highest BCUT2D eigenvalue weighted by molar-refractivity contribution is 6.31. The van der Waals surface area contributed by atoms with Gasteiger partial charge in [0, 0.05) is 10.6 Å². The van der Waals surface area contributed by atoms with Crippen LogP contribution in [0.5, 0.6) is 0 Å². The van der Waals surface area contributed by atoms with Crippen molar-refractivity contribution in [2.24, 2.45) is 11.7 Å². The second-order valence-corrected chi connectivity index (χ2v) is 5.51. The van der Waals surface area contributed by atoms with Crippen LogP contribution < -0.4 is 11.1 Å². The van der Waals surface area contributed by atoms with Gasteiger partial charge in [-0.15, -0.1) is 12.4 Å². The number of hydrogen-bond acceptors (Lipinski definition) is 2. The number of nitrogens with two attached hydrogens (primary N) is 1. The van der Waals surface area contributed by atoms with Crippen molar-refractivity contribution >= 4 is 29.9 Å². The first kappa shape index (κ1) is 19.2. The van der Waals surface area contributed by atoms with Crippen LogP contribution in [0.4, 0.5) is 4.39 Å². The second-order valence-electron chi connectivity index (χ2n) is 5.10. The van der Waals surface area contributed by atoms with Crippen LogP contribution in [0.1, 0.15) is 38.8 Å². The van der Waals surface area contributed by atoms with E-state index < -0.39 is 17.9 Å². The number of carbonyl (C=O) groups excluding carboxylic acids is 1. The van der Waals surface area contributed by atoms with Crippen molar-refractivity contribution in [3.63, 3.8) is 0 Å². The Bertz CT molecular complexity index is 435. The fraction of sp³-hybridized carbons (Fsp3) is 0.500. The normalized spacial score (nSPS) is 13.6. The average molecular weight is 323 g/mol. The summed E-state index contributed by atoms with van der Waals surface area (Å²) in [5.41, 5.74) is 6.07. The lowest BCUT2D eigenvalue weighted by atomic mass is 10.0. The lowest BCUT2D eigenvalue weighted by molar-refractivity contribution is -0.123. The smallest absolute Gasteiger partial charge is 0.237 e. The van der Waals surface area contributed by atoms with Crippen LogP contribution in [0.3, 0.4) is 0 Å². The van der Waals surface area contributed by atoms with Crippen LogP contribution in [0.15, 0.2) is 18.2 Å². The van der Waals surface area contributed by atoms with Crippen molar-refractivity contribution in [2.75, 3.05) is 0 Å². The van der Waals surface area contributed by atoms with Crippen molar-refractivity contribution in [3.8, 4) is 0 Å². The highest BCUT2D eigenvalue weighted by Gasteiger charge is 2.20. The van der Waals surface area contributed by atoms with Gasteiger partial charge < -0.3 is 11.1 Å². The Hall–Kier alpha value is -0.840. The molecule has 0 heterocycles. The Labute approximate surface area is 130 Å². The van der Waals surface area contributed by atoms with Crippen molar-refractivity contribution in [1.82, 2.24) is 5.32 Å². The Balaban J connectivity index is 0.00000361. The van der Waals surface area contributed by atoms with Gasteiger partial charge >= 0.3 is 0 Å². The van der Waals surface area contributed by atoms with Crippen LogP contribution >= 0.6 is 24.0 Å². The molecule has 0 radical (unpaired) electrons. The van der Waals surface area contributed by atoms with Gasteiger partial charge in [-0.25, -0.2) is 4.39 Å². The summed E-state index contributed by atoms with van der Waals surface area (Å²) in [6.45, 7) is 5.67. The van der Waals surface area contributed by atoms with Gasteiger partial charge in [0.15, 0.2) is 0 Å². The molecule has 1 rings (SSSR count). The number of benzene rings is 1. The summed E-state index contributed by atoms with van der Waals surface area (Å²) in [5.74, 6) is -0.397. The minimum absolute atomic E-state index is 0. The van der Waals surface area contributed by atoms with E-state index in [1.165, 1.54) is 12.1 Å². The SMILES string of the molecule is CC(C)C[C@H](N)C(=O)NC(C)c1c(F)cccc1Cl.Cl. The number of hydrogen-bond donors (Lipinski definition) is 2.